The number of hydrogen-bond donors (Lipinski definition) is 6. The highest BCUT2D eigenvalue weighted by molar-refractivity contribution is 5.77. The van der Waals surface area contributed by atoms with E-state index in [9.17, 15) is 24.9 Å². The SMILES string of the molecule is COC(=O)CCCCCCC(=O)N/N=C/[C@H](O)[C@@H](O)[C@H](O)[C@H](O)CO. The van der Waals surface area contributed by atoms with Crippen molar-refractivity contribution in [1.29, 1.82) is 0 Å². The molecule has 0 aliphatic rings. The number of esters is 1. The predicted molar refractivity (Wildman–Crippen MR) is 87.5 cm³/mol. The van der Waals surface area contributed by atoms with Gasteiger partial charge in [-0.1, -0.05) is 12.8 Å². The predicted octanol–water partition coefficient (Wildman–Crippen LogP) is -1.96. The number of nitrogens with zero attached hydrogens (tertiary/aromatic N) is 1. The fourth-order valence-corrected chi connectivity index (χ4v) is 1.88. The summed E-state index contributed by atoms with van der Waals surface area (Å²) < 4.78 is 4.51. The van der Waals surface area contributed by atoms with Crippen LogP contribution in [0.25, 0.3) is 0 Å². The highest BCUT2D eigenvalue weighted by Gasteiger charge is 2.29. The first-order chi connectivity index (χ1) is 11.8. The average Bonchev–Trinajstić information content (AvgIpc) is 2.61. The van der Waals surface area contributed by atoms with E-state index in [0.29, 0.717) is 19.3 Å². The molecular formula is C15H28N2O8. The van der Waals surface area contributed by atoms with Crippen LogP contribution in [0, 0.1) is 0 Å². The molecule has 25 heavy (non-hydrogen) atoms. The zero-order valence-electron chi connectivity index (χ0n) is 14.2. The summed E-state index contributed by atoms with van der Waals surface area (Å²) in [5.74, 6) is -0.647. The number of rotatable bonds is 13. The van der Waals surface area contributed by atoms with Crippen molar-refractivity contribution in [3.05, 3.63) is 0 Å². The normalized spacial score (nSPS) is 16.2. The third-order valence-electron chi connectivity index (χ3n) is 3.46. The van der Waals surface area contributed by atoms with Crippen LogP contribution < -0.4 is 5.43 Å². The van der Waals surface area contributed by atoms with Crippen LogP contribution >= 0.6 is 0 Å². The van der Waals surface area contributed by atoms with E-state index in [4.69, 9.17) is 10.2 Å². The van der Waals surface area contributed by atoms with Crippen LogP contribution in [0.3, 0.4) is 0 Å². The van der Waals surface area contributed by atoms with Gasteiger partial charge in [0.15, 0.2) is 0 Å². The van der Waals surface area contributed by atoms with E-state index in [1.165, 1.54) is 7.11 Å². The van der Waals surface area contributed by atoms with Crippen LogP contribution in [0.2, 0.25) is 0 Å². The number of ether oxygens (including phenoxy) is 1. The summed E-state index contributed by atoms with van der Waals surface area (Å²) >= 11 is 0. The first-order valence-corrected chi connectivity index (χ1v) is 8.05. The van der Waals surface area contributed by atoms with Crippen molar-refractivity contribution in [2.75, 3.05) is 13.7 Å². The smallest absolute Gasteiger partial charge is 0.305 e. The van der Waals surface area contributed by atoms with Crippen LogP contribution in [-0.2, 0) is 14.3 Å². The van der Waals surface area contributed by atoms with E-state index in [-0.39, 0.29) is 18.3 Å². The maximum Gasteiger partial charge on any atom is 0.305 e. The topological polar surface area (TPSA) is 169 Å². The van der Waals surface area contributed by atoms with Crippen molar-refractivity contribution in [1.82, 2.24) is 5.43 Å². The van der Waals surface area contributed by atoms with Gasteiger partial charge in [0.05, 0.1) is 19.9 Å². The van der Waals surface area contributed by atoms with E-state index in [1.54, 1.807) is 0 Å². The Labute approximate surface area is 146 Å². The zero-order valence-corrected chi connectivity index (χ0v) is 14.2. The molecule has 0 spiro atoms. The monoisotopic (exact) mass is 364 g/mol. The summed E-state index contributed by atoms with van der Waals surface area (Å²) in [6.07, 6.45) is -2.53. The summed E-state index contributed by atoms with van der Waals surface area (Å²) in [6, 6.07) is 0. The van der Waals surface area contributed by atoms with E-state index in [1.807, 2.05) is 0 Å². The molecule has 0 aliphatic carbocycles. The third-order valence-corrected chi connectivity index (χ3v) is 3.46. The van der Waals surface area contributed by atoms with Crippen molar-refractivity contribution < 1.29 is 39.9 Å². The van der Waals surface area contributed by atoms with Crippen LogP contribution in [0.4, 0.5) is 0 Å². The van der Waals surface area contributed by atoms with Crippen molar-refractivity contribution in [2.45, 2.75) is 62.9 Å². The Bertz CT molecular complexity index is 418. The number of unbranched alkanes of at least 4 members (excludes halogenated alkanes) is 3. The molecule has 0 radical (unpaired) electrons. The van der Waals surface area contributed by atoms with E-state index in [0.717, 1.165) is 19.1 Å². The third kappa shape index (κ3) is 10.8. The van der Waals surface area contributed by atoms with Crippen LogP contribution in [0.1, 0.15) is 38.5 Å². The minimum atomic E-state index is -1.77. The second-order valence-electron chi connectivity index (χ2n) is 5.53. The van der Waals surface area contributed by atoms with Gasteiger partial charge in [-0.25, -0.2) is 5.43 Å². The fraction of sp³-hybridized carbons (Fsp3) is 0.800. The molecule has 0 aromatic heterocycles. The van der Waals surface area contributed by atoms with Gasteiger partial charge in [0.25, 0.3) is 0 Å². The van der Waals surface area contributed by atoms with Crippen molar-refractivity contribution in [2.24, 2.45) is 5.10 Å². The molecule has 0 bridgehead atoms. The van der Waals surface area contributed by atoms with Gasteiger partial charge < -0.3 is 30.3 Å². The zero-order chi connectivity index (χ0) is 19.2. The van der Waals surface area contributed by atoms with Gasteiger partial charge in [-0.3, -0.25) is 9.59 Å². The number of aliphatic hydroxyl groups excluding tert-OH is 5. The number of carbonyl (C=O) groups is 2. The largest absolute Gasteiger partial charge is 0.469 e. The lowest BCUT2D eigenvalue weighted by molar-refractivity contribution is -0.140. The van der Waals surface area contributed by atoms with Gasteiger partial charge in [-0.05, 0) is 12.8 Å². The van der Waals surface area contributed by atoms with Gasteiger partial charge >= 0.3 is 5.97 Å². The second-order valence-corrected chi connectivity index (χ2v) is 5.53. The lowest BCUT2D eigenvalue weighted by Gasteiger charge is -2.23. The molecule has 0 saturated heterocycles. The number of nitrogens with one attached hydrogen (secondary N) is 1. The number of hydrazone groups is 1. The first kappa shape index (κ1) is 23.4. The Balaban J connectivity index is 3.89. The lowest BCUT2D eigenvalue weighted by atomic mass is 10.0. The van der Waals surface area contributed by atoms with Crippen molar-refractivity contribution in [3.63, 3.8) is 0 Å². The summed E-state index contributed by atoms with van der Waals surface area (Å²) in [4.78, 5) is 22.4. The molecule has 0 rings (SSSR count). The van der Waals surface area contributed by atoms with Crippen LogP contribution in [0.15, 0.2) is 5.10 Å². The maximum atomic E-state index is 11.5. The molecule has 0 fully saturated rings. The molecule has 10 heteroatoms. The van der Waals surface area contributed by atoms with E-state index in [2.05, 4.69) is 15.3 Å². The van der Waals surface area contributed by atoms with Gasteiger partial charge in [-0.15, -0.1) is 0 Å². The fourth-order valence-electron chi connectivity index (χ4n) is 1.88. The number of amides is 1. The summed E-state index contributed by atoms with van der Waals surface area (Å²) in [5, 5.41) is 49.7. The summed E-state index contributed by atoms with van der Waals surface area (Å²) in [6.45, 7) is -0.779. The molecular weight excluding hydrogens is 336 g/mol. The highest BCUT2D eigenvalue weighted by Crippen LogP contribution is 2.06. The lowest BCUT2D eigenvalue weighted by Crippen LogP contribution is -2.46. The molecule has 0 heterocycles. The molecule has 0 aliphatic heterocycles. The summed E-state index contributed by atoms with van der Waals surface area (Å²) in [5.41, 5.74) is 2.16. The first-order valence-electron chi connectivity index (χ1n) is 8.05. The Morgan fingerprint density at radius 2 is 1.64 bits per heavy atom. The number of aliphatic hydroxyl groups is 5. The molecule has 0 aromatic rings. The van der Waals surface area contributed by atoms with Gasteiger partial charge in [0.2, 0.25) is 5.91 Å². The minimum absolute atomic E-state index is 0.208. The standard InChI is InChI=1S/C15H28N2O8/c1-25-13(22)7-5-3-2-4-6-12(21)17-16-8-10(19)14(23)15(24)11(20)9-18/h8,10-11,14-15,18-20,23-24H,2-7,9H2,1H3,(H,17,21)/b16-8+/t10-,11+,14+,15+/m0/s1. The van der Waals surface area contributed by atoms with Crippen LogP contribution in [-0.4, -0.2) is 81.8 Å². The highest BCUT2D eigenvalue weighted by atomic mass is 16.5. The van der Waals surface area contributed by atoms with E-state index >= 15 is 0 Å². The Morgan fingerprint density at radius 1 is 1.04 bits per heavy atom. The number of carbonyl (C=O) groups excluding carboxylic acids is 2. The van der Waals surface area contributed by atoms with Gasteiger partial charge in [0, 0.05) is 12.8 Å². The Morgan fingerprint density at radius 3 is 2.20 bits per heavy atom. The molecule has 146 valence electrons. The molecule has 6 N–H and O–H groups in total. The van der Waals surface area contributed by atoms with Crippen molar-refractivity contribution in [3.8, 4) is 0 Å². The molecule has 0 saturated carbocycles. The second kappa shape index (κ2) is 13.7. The van der Waals surface area contributed by atoms with Gasteiger partial charge in [0.1, 0.15) is 24.4 Å². The maximum absolute atomic E-state index is 11.5. The molecule has 1 amide bonds. The molecule has 0 aromatic carbocycles. The molecule has 4 atom stereocenters. The minimum Gasteiger partial charge on any atom is -0.469 e. The van der Waals surface area contributed by atoms with Gasteiger partial charge in [-0.2, -0.15) is 5.10 Å². The van der Waals surface area contributed by atoms with E-state index < -0.39 is 31.0 Å². The number of methoxy groups -OCH3 is 1. The molecule has 0 unspecified atom stereocenters. The summed E-state index contributed by atoms with van der Waals surface area (Å²) in [7, 11) is 1.33. The molecule has 10 nitrogen and oxygen atoms in total. The van der Waals surface area contributed by atoms with Crippen molar-refractivity contribution >= 4 is 18.1 Å². The Kier molecular flexibility index (Phi) is 12.8. The Hall–Kier alpha value is -1.59. The number of hydrogen-bond acceptors (Lipinski definition) is 9. The van der Waals surface area contributed by atoms with Crippen LogP contribution in [0.5, 0.6) is 0 Å². The quantitative estimate of drug-likeness (QED) is 0.0947. The average molecular weight is 364 g/mol.